The smallest absolute Gasteiger partial charge is 0.215 e. The van der Waals surface area contributed by atoms with Crippen LogP contribution < -0.4 is 0 Å². The van der Waals surface area contributed by atoms with Gasteiger partial charge in [-0.3, -0.25) is 9.59 Å². The topological polar surface area (TPSA) is 157 Å². The van der Waals surface area contributed by atoms with Gasteiger partial charge in [0.1, 0.15) is 38.8 Å². The molecule has 0 fully saturated rings. The Labute approximate surface area is 321 Å². The number of aromatic nitrogens is 8. The number of aromatic hydroxyl groups is 2. The number of phenolic OH excluding ortho intramolecular Hbond substituents is 2. The number of halogens is 3. The summed E-state index contributed by atoms with van der Waals surface area (Å²) in [5.74, 6) is -1.96. The van der Waals surface area contributed by atoms with E-state index in [1.54, 1.807) is 40.8 Å². The van der Waals surface area contributed by atoms with E-state index >= 15 is 0 Å². The standard InChI is InChI=1S/C39H25Cl3N8O4/c1-21-28(40)18-31(37(53)26-14-12-22(16-32(26)51)29-19-48(46-44-29)24-8-4-2-5-9-24)50(21)36-34(41)39(42)43-35(36)38(54)27-15-13-23(17-33(27)52)30-20-49(47-45-30)25-10-6-3-7-11-25/h2-20,43,51-52H,1H3. The van der Waals surface area contributed by atoms with Crippen molar-refractivity contribution in [3.05, 3.63) is 159 Å². The highest BCUT2D eigenvalue weighted by molar-refractivity contribution is 6.43. The highest BCUT2D eigenvalue weighted by atomic mass is 35.5. The Balaban J connectivity index is 1.12. The summed E-state index contributed by atoms with van der Waals surface area (Å²) in [6.45, 7) is 1.64. The predicted molar refractivity (Wildman–Crippen MR) is 204 cm³/mol. The molecule has 0 unspecified atom stereocenters. The Hall–Kier alpha value is -6.47. The van der Waals surface area contributed by atoms with Crippen LogP contribution in [-0.4, -0.2) is 61.3 Å². The summed E-state index contributed by atoms with van der Waals surface area (Å²) in [5, 5.41) is 39.0. The van der Waals surface area contributed by atoms with Gasteiger partial charge in [-0.25, -0.2) is 9.36 Å². The molecule has 3 N–H and O–H groups in total. The fraction of sp³-hybridized carbons (Fsp3) is 0.0256. The predicted octanol–water partition coefficient (Wildman–Crippen LogP) is 8.44. The van der Waals surface area contributed by atoms with E-state index in [9.17, 15) is 19.8 Å². The lowest BCUT2D eigenvalue weighted by Gasteiger charge is -2.14. The lowest BCUT2D eigenvalue weighted by atomic mass is 10.0. The zero-order chi connectivity index (χ0) is 37.7. The van der Waals surface area contributed by atoms with Crippen LogP contribution in [-0.2, 0) is 0 Å². The minimum absolute atomic E-state index is 0.0109. The van der Waals surface area contributed by atoms with Crippen molar-refractivity contribution in [3.63, 3.8) is 0 Å². The SMILES string of the molecule is Cc1c(Cl)cc(C(=O)c2ccc(-c3cn(-c4ccccc4)nn3)cc2O)n1-c1c(C(=O)c2ccc(-c3cn(-c4ccccc4)nn3)cc2O)[nH]c(Cl)c1Cl. The van der Waals surface area contributed by atoms with Crippen molar-refractivity contribution in [3.8, 4) is 51.1 Å². The Morgan fingerprint density at radius 1 is 0.667 bits per heavy atom. The minimum Gasteiger partial charge on any atom is -0.507 e. The molecule has 4 aromatic heterocycles. The maximum Gasteiger partial charge on any atom is 0.215 e. The van der Waals surface area contributed by atoms with Crippen LogP contribution in [0.1, 0.15) is 37.8 Å². The molecule has 0 bridgehead atoms. The van der Waals surface area contributed by atoms with E-state index in [4.69, 9.17) is 34.8 Å². The lowest BCUT2D eigenvalue weighted by Crippen LogP contribution is -2.14. The normalized spacial score (nSPS) is 11.3. The van der Waals surface area contributed by atoms with Crippen LogP contribution in [0.25, 0.3) is 39.6 Å². The third-order valence-corrected chi connectivity index (χ3v) is 9.98. The average molecular weight is 776 g/mol. The summed E-state index contributed by atoms with van der Waals surface area (Å²) in [7, 11) is 0. The van der Waals surface area contributed by atoms with E-state index in [0.29, 0.717) is 28.2 Å². The van der Waals surface area contributed by atoms with Gasteiger partial charge in [-0.2, -0.15) is 0 Å². The Bertz CT molecular complexity index is 2550. The number of hydrogen-bond donors (Lipinski definition) is 3. The van der Waals surface area contributed by atoms with Crippen LogP contribution in [0.2, 0.25) is 15.2 Å². The Kier molecular flexibility index (Phi) is 8.86. The van der Waals surface area contributed by atoms with Gasteiger partial charge in [-0.15, -0.1) is 10.2 Å². The quantitative estimate of drug-likeness (QED) is 0.123. The molecule has 4 aromatic carbocycles. The van der Waals surface area contributed by atoms with E-state index in [1.807, 2.05) is 60.7 Å². The number of carbonyl (C=O) groups is 2. The van der Waals surface area contributed by atoms with Crippen molar-refractivity contribution in [1.29, 1.82) is 0 Å². The average Bonchev–Trinajstić information content (AvgIpc) is 3.99. The summed E-state index contributed by atoms with van der Waals surface area (Å²) in [5.41, 5.74) is 3.73. The van der Waals surface area contributed by atoms with Crippen LogP contribution in [0.5, 0.6) is 11.5 Å². The molecule has 0 atom stereocenters. The second-order valence-corrected chi connectivity index (χ2v) is 13.3. The summed E-state index contributed by atoms with van der Waals surface area (Å²) >= 11 is 19.8. The molecule has 0 aliphatic carbocycles. The second kappa shape index (κ2) is 13.8. The summed E-state index contributed by atoms with van der Waals surface area (Å²) in [6, 6.07) is 29.2. The van der Waals surface area contributed by atoms with Gasteiger partial charge in [0.05, 0.1) is 51.3 Å². The fourth-order valence-corrected chi connectivity index (χ4v) is 6.69. The van der Waals surface area contributed by atoms with Crippen molar-refractivity contribution in [2.24, 2.45) is 0 Å². The first-order valence-corrected chi connectivity index (χ1v) is 17.4. The number of nitrogens with zero attached hydrogens (tertiary/aromatic N) is 7. The third kappa shape index (κ3) is 6.11. The Morgan fingerprint density at radius 3 is 1.67 bits per heavy atom. The minimum atomic E-state index is -0.672. The van der Waals surface area contributed by atoms with E-state index < -0.39 is 11.6 Å². The molecular formula is C39H25Cl3N8O4. The second-order valence-electron chi connectivity index (χ2n) is 12.2. The van der Waals surface area contributed by atoms with Crippen molar-refractivity contribution >= 4 is 46.4 Å². The van der Waals surface area contributed by atoms with Crippen LogP contribution in [0.4, 0.5) is 0 Å². The fourth-order valence-electron chi connectivity index (χ4n) is 6.09. The first kappa shape index (κ1) is 34.6. The van der Waals surface area contributed by atoms with Gasteiger partial charge in [-0.05, 0) is 61.5 Å². The highest BCUT2D eigenvalue weighted by Gasteiger charge is 2.30. The molecule has 0 saturated heterocycles. The van der Waals surface area contributed by atoms with E-state index in [2.05, 4.69) is 25.6 Å². The number of ketones is 2. The maximum atomic E-state index is 14.2. The first-order chi connectivity index (χ1) is 26.1. The van der Waals surface area contributed by atoms with Crippen molar-refractivity contribution in [2.45, 2.75) is 6.92 Å². The molecular weight excluding hydrogens is 751 g/mol. The van der Waals surface area contributed by atoms with Gasteiger partial charge in [0, 0.05) is 16.8 Å². The molecule has 266 valence electrons. The van der Waals surface area contributed by atoms with E-state index in [1.165, 1.54) is 34.9 Å². The van der Waals surface area contributed by atoms with Gasteiger partial charge in [0.2, 0.25) is 11.6 Å². The third-order valence-electron chi connectivity index (χ3n) is 8.85. The first-order valence-electron chi connectivity index (χ1n) is 16.3. The summed E-state index contributed by atoms with van der Waals surface area (Å²) < 4.78 is 4.59. The number of para-hydroxylation sites is 2. The zero-order valence-corrected chi connectivity index (χ0v) is 30.2. The number of aromatic amines is 1. The van der Waals surface area contributed by atoms with Gasteiger partial charge in [-0.1, -0.05) is 93.8 Å². The summed E-state index contributed by atoms with van der Waals surface area (Å²) in [4.78, 5) is 31.1. The molecule has 8 rings (SSSR count). The van der Waals surface area contributed by atoms with Crippen LogP contribution in [0.3, 0.4) is 0 Å². The van der Waals surface area contributed by atoms with Crippen molar-refractivity contribution < 1.29 is 19.8 Å². The molecule has 12 nitrogen and oxygen atoms in total. The molecule has 0 radical (unpaired) electrons. The van der Waals surface area contributed by atoms with Gasteiger partial charge < -0.3 is 19.8 Å². The molecule has 8 aromatic rings. The molecule has 15 heteroatoms. The molecule has 0 amide bonds. The number of hydrogen-bond acceptors (Lipinski definition) is 8. The summed E-state index contributed by atoms with van der Waals surface area (Å²) in [6.07, 6.45) is 3.41. The van der Waals surface area contributed by atoms with E-state index in [0.717, 1.165) is 11.4 Å². The molecule has 54 heavy (non-hydrogen) atoms. The number of phenols is 2. The number of nitrogens with one attached hydrogen (secondary N) is 1. The van der Waals surface area contributed by atoms with Gasteiger partial charge in [0.25, 0.3) is 0 Å². The van der Waals surface area contributed by atoms with Crippen LogP contribution >= 0.6 is 34.8 Å². The number of benzene rings is 4. The van der Waals surface area contributed by atoms with Crippen molar-refractivity contribution in [2.75, 3.05) is 0 Å². The van der Waals surface area contributed by atoms with Crippen LogP contribution in [0, 0.1) is 6.92 Å². The molecule has 0 aliphatic rings. The van der Waals surface area contributed by atoms with Crippen molar-refractivity contribution in [1.82, 2.24) is 39.5 Å². The van der Waals surface area contributed by atoms with Gasteiger partial charge in [0.15, 0.2) is 0 Å². The number of rotatable bonds is 9. The molecule has 0 aliphatic heterocycles. The number of H-pyrrole nitrogens is 1. The van der Waals surface area contributed by atoms with Gasteiger partial charge >= 0.3 is 0 Å². The lowest BCUT2D eigenvalue weighted by molar-refractivity contribution is 0.101. The maximum absolute atomic E-state index is 14.2. The largest absolute Gasteiger partial charge is 0.507 e. The van der Waals surface area contributed by atoms with Crippen LogP contribution in [0.15, 0.2) is 116 Å². The number of carbonyl (C=O) groups excluding carboxylic acids is 2. The monoisotopic (exact) mass is 774 g/mol. The highest BCUT2D eigenvalue weighted by Crippen LogP contribution is 2.39. The van der Waals surface area contributed by atoms with E-state index in [-0.39, 0.29) is 54.9 Å². The molecule has 4 heterocycles. The molecule has 0 spiro atoms. The zero-order valence-electron chi connectivity index (χ0n) is 27.9. The molecule has 0 saturated carbocycles. The Morgan fingerprint density at radius 2 is 1.17 bits per heavy atom.